The Hall–Kier alpha value is -1.59. The van der Waals surface area contributed by atoms with Gasteiger partial charge >= 0.3 is 0 Å². The molecule has 0 radical (unpaired) electrons. The molecule has 20 heavy (non-hydrogen) atoms. The van der Waals surface area contributed by atoms with Gasteiger partial charge in [-0.25, -0.2) is 0 Å². The lowest BCUT2D eigenvalue weighted by molar-refractivity contribution is 1.13. The fraction of sp³-hybridized carbons (Fsp3) is 0.133. The van der Waals surface area contributed by atoms with Gasteiger partial charge in [0.25, 0.3) is 0 Å². The van der Waals surface area contributed by atoms with Gasteiger partial charge in [-0.05, 0) is 46.3 Å². The zero-order chi connectivity index (χ0) is 14.7. The van der Waals surface area contributed by atoms with Gasteiger partial charge in [0, 0.05) is 29.8 Å². The Labute approximate surface area is 132 Å². The minimum atomic E-state index is 0.386. The Morgan fingerprint density at radius 2 is 1.90 bits per heavy atom. The summed E-state index contributed by atoms with van der Waals surface area (Å²) in [7, 11) is 4.04. The predicted octanol–water partition coefficient (Wildman–Crippen LogP) is 3.89. The molecule has 2 rings (SSSR count). The second kappa shape index (κ2) is 6.24. The van der Waals surface area contributed by atoms with Crippen LogP contribution in [0.1, 0.15) is 5.56 Å². The zero-order valence-corrected chi connectivity index (χ0v) is 13.8. The molecule has 0 atom stereocenters. The summed E-state index contributed by atoms with van der Waals surface area (Å²) in [5.41, 5.74) is 9.65. The first kappa shape index (κ1) is 14.8. The maximum atomic E-state index is 5.66. The molecule has 2 aromatic rings. The molecule has 0 amide bonds. The molecule has 0 bridgehead atoms. The Bertz CT molecular complexity index is 641. The highest BCUT2D eigenvalue weighted by molar-refractivity contribution is 9.10. The number of thiocarbonyl (C=S) groups is 1. The molecule has 0 heterocycles. The molecule has 3 nitrogen and oxygen atoms in total. The van der Waals surface area contributed by atoms with Gasteiger partial charge in [0.05, 0.1) is 11.4 Å². The largest absolute Gasteiger partial charge is 0.389 e. The van der Waals surface area contributed by atoms with E-state index in [1.165, 1.54) is 0 Å². The van der Waals surface area contributed by atoms with Crippen LogP contribution >= 0.6 is 28.1 Å². The van der Waals surface area contributed by atoms with Crippen molar-refractivity contribution < 1.29 is 0 Å². The van der Waals surface area contributed by atoms with Gasteiger partial charge in [0.15, 0.2) is 0 Å². The normalized spacial score (nSPS) is 10.2. The van der Waals surface area contributed by atoms with Crippen molar-refractivity contribution in [1.29, 1.82) is 0 Å². The van der Waals surface area contributed by atoms with Crippen LogP contribution in [0, 0.1) is 0 Å². The number of nitrogens with one attached hydrogen (secondary N) is 1. The van der Waals surface area contributed by atoms with E-state index in [1.807, 2.05) is 50.5 Å². The molecule has 0 spiro atoms. The lowest BCUT2D eigenvalue weighted by atomic mass is 10.2. The Balaban J connectivity index is 2.31. The molecule has 0 fully saturated rings. The van der Waals surface area contributed by atoms with Crippen molar-refractivity contribution in [3.8, 4) is 0 Å². The topological polar surface area (TPSA) is 41.3 Å². The summed E-state index contributed by atoms with van der Waals surface area (Å²) >= 11 is 8.49. The first-order chi connectivity index (χ1) is 9.49. The number of anilines is 3. The van der Waals surface area contributed by atoms with E-state index in [9.17, 15) is 0 Å². The summed E-state index contributed by atoms with van der Waals surface area (Å²) in [6.07, 6.45) is 0. The van der Waals surface area contributed by atoms with Gasteiger partial charge in [-0.1, -0.05) is 24.4 Å². The van der Waals surface area contributed by atoms with Crippen molar-refractivity contribution in [2.75, 3.05) is 24.3 Å². The minimum absolute atomic E-state index is 0.386. The van der Waals surface area contributed by atoms with Crippen LogP contribution in [-0.4, -0.2) is 19.1 Å². The maximum Gasteiger partial charge on any atom is 0.105 e. The Morgan fingerprint density at radius 3 is 2.50 bits per heavy atom. The van der Waals surface area contributed by atoms with Gasteiger partial charge < -0.3 is 16.0 Å². The molecule has 5 heteroatoms. The first-order valence-corrected chi connectivity index (χ1v) is 7.32. The zero-order valence-electron chi connectivity index (χ0n) is 11.4. The van der Waals surface area contributed by atoms with E-state index in [0.717, 1.165) is 27.1 Å². The number of halogens is 1. The van der Waals surface area contributed by atoms with Gasteiger partial charge in [-0.2, -0.15) is 0 Å². The molecule has 0 aliphatic carbocycles. The number of para-hydroxylation sites is 2. The summed E-state index contributed by atoms with van der Waals surface area (Å²) in [5, 5.41) is 3.41. The fourth-order valence-corrected chi connectivity index (χ4v) is 2.82. The lowest BCUT2D eigenvalue weighted by Crippen LogP contribution is -2.11. The molecule has 0 aromatic heterocycles. The van der Waals surface area contributed by atoms with Crippen molar-refractivity contribution in [2.24, 2.45) is 5.73 Å². The van der Waals surface area contributed by atoms with Crippen LogP contribution in [0.3, 0.4) is 0 Å². The molecule has 0 unspecified atom stereocenters. The van der Waals surface area contributed by atoms with E-state index in [0.29, 0.717) is 4.99 Å². The first-order valence-electron chi connectivity index (χ1n) is 6.12. The number of nitrogens with zero attached hydrogens (tertiary/aromatic N) is 1. The molecule has 0 aliphatic heterocycles. The van der Waals surface area contributed by atoms with Crippen LogP contribution in [0.15, 0.2) is 46.9 Å². The second-order valence-electron chi connectivity index (χ2n) is 4.60. The van der Waals surface area contributed by atoms with E-state index in [-0.39, 0.29) is 0 Å². The van der Waals surface area contributed by atoms with E-state index in [1.54, 1.807) is 0 Å². The molecule has 0 aliphatic rings. The van der Waals surface area contributed by atoms with Crippen molar-refractivity contribution in [1.82, 2.24) is 0 Å². The molecular weight excluding hydrogens is 334 g/mol. The summed E-state index contributed by atoms with van der Waals surface area (Å²) < 4.78 is 0.886. The van der Waals surface area contributed by atoms with E-state index < -0.39 is 0 Å². The smallest absolute Gasteiger partial charge is 0.105 e. The van der Waals surface area contributed by atoms with Gasteiger partial charge in [-0.3, -0.25) is 0 Å². The molecule has 0 saturated heterocycles. The summed E-state index contributed by atoms with van der Waals surface area (Å²) in [5.74, 6) is 0. The van der Waals surface area contributed by atoms with Crippen molar-refractivity contribution in [3.63, 3.8) is 0 Å². The minimum Gasteiger partial charge on any atom is -0.389 e. The van der Waals surface area contributed by atoms with Crippen molar-refractivity contribution in [2.45, 2.75) is 0 Å². The van der Waals surface area contributed by atoms with Crippen LogP contribution in [0.5, 0.6) is 0 Å². The second-order valence-corrected chi connectivity index (χ2v) is 5.89. The number of benzene rings is 2. The molecule has 0 saturated carbocycles. The average Bonchev–Trinajstić information content (AvgIpc) is 2.38. The standard InChI is InChI=1S/C15H16BrN3S/c1-19(2)14-6-4-3-5-13(14)18-10-7-8-11(15(17)20)12(16)9-10/h3-9,18H,1-2H3,(H2,17,20). The fourth-order valence-electron chi connectivity index (χ4n) is 1.92. The van der Waals surface area contributed by atoms with Crippen LogP contribution in [0.2, 0.25) is 0 Å². The molecule has 104 valence electrons. The van der Waals surface area contributed by atoms with Gasteiger partial charge in [-0.15, -0.1) is 0 Å². The number of hydrogen-bond acceptors (Lipinski definition) is 3. The highest BCUT2D eigenvalue weighted by Crippen LogP contribution is 2.29. The quantitative estimate of drug-likeness (QED) is 0.821. The summed E-state index contributed by atoms with van der Waals surface area (Å²) in [6.45, 7) is 0. The lowest BCUT2D eigenvalue weighted by Gasteiger charge is -2.18. The third kappa shape index (κ3) is 3.29. The third-order valence-corrected chi connectivity index (χ3v) is 3.78. The third-order valence-electron chi connectivity index (χ3n) is 2.90. The van der Waals surface area contributed by atoms with Crippen LogP contribution < -0.4 is 16.0 Å². The van der Waals surface area contributed by atoms with Crippen LogP contribution in [0.4, 0.5) is 17.1 Å². The van der Waals surface area contributed by atoms with Gasteiger partial charge in [0.2, 0.25) is 0 Å². The highest BCUT2D eigenvalue weighted by Gasteiger charge is 2.07. The SMILES string of the molecule is CN(C)c1ccccc1Nc1ccc(C(N)=S)c(Br)c1. The van der Waals surface area contributed by atoms with E-state index in [2.05, 4.69) is 32.2 Å². The summed E-state index contributed by atoms with van der Waals surface area (Å²) in [6, 6.07) is 14.0. The Morgan fingerprint density at radius 1 is 1.20 bits per heavy atom. The van der Waals surface area contributed by atoms with Crippen LogP contribution in [0.25, 0.3) is 0 Å². The Kier molecular flexibility index (Phi) is 4.62. The van der Waals surface area contributed by atoms with Crippen molar-refractivity contribution in [3.05, 3.63) is 52.5 Å². The van der Waals surface area contributed by atoms with Crippen LogP contribution in [-0.2, 0) is 0 Å². The number of nitrogens with two attached hydrogens (primary N) is 1. The monoisotopic (exact) mass is 349 g/mol. The van der Waals surface area contributed by atoms with E-state index in [4.69, 9.17) is 18.0 Å². The van der Waals surface area contributed by atoms with Crippen molar-refractivity contribution >= 4 is 50.2 Å². The molecule has 3 N–H and O–H groups in total. The summed E-state index contributed by atoms with van der Waals surface area (Å²) in [4.78, 5) is 2.46. The maximum absolute atomic E-state index is 5.66. The van der Waals surface area contributed by atoms with Gasteiger partial charge in [0.1, 0.15) is 4.99 Å². The average molecular weight is 350 g/mol. The highest BCUT2D eigenvalue weighted by atomic mass is 79.9. The predicted molar refractivity (Wildman–Crippen MR) is 94.1 cm³/mol. The molecular formula is C15H16BrN3S. The van der Waals surface area contributed by atoms with E-state index >= 15 is 0 Å². The number of hydrogen-bond donors (Lipinski definition) is 2. The number of rotatable bonds is 4. The molecule has 2 aromatic carbocycles.